The molecule has 14 heavy (non-hydrogen) atoms. The van der Waals surface area contributed by atoms with Crippen molar-refractivity contribution in [1.29, 1.82) is 0 Å². The second-order valence-electron chi connectivity index (χ2n) is 3.10. The maximum absolute atomic E-state index is 5.48. The smallest absolute Gasteiger partial charge is 0.515 e. The first-order valence-corrected chi connectivity index (χ1v) is 8.24. The SMILES string of the molecule is CCC(C)O[P+]([S-])([S-])OC(C)CC.[Li+]. The molecule has 2 atom stereocenters. The molecule has 0 aromatic carbocycles. The monoisotopic (exact) mass is 248 g/mol. The van der Waals surface area contributed by atoms with E-state index in [9.17, 15) is 0 Å². The fourth-order valence-corrected chi connectivity index (χ4v) is 3.61. The summed E-state index contributed by atoms with van der Waals surface area (Å²) in [5.74, 6) is 0. The van der Waals surface area contributed by atoms with Gasteiger partial charge in [-0.15, -0.1) is 0 Å². The van der Waals surface area contributed by atoms with Crippen molar-refractivity contribution in [1.82, 2.24) is 0 Å². The van der Waals surface area contributed by atoms with Crippen molar-refractivity contribution in [3.8, 4) is 0 Å². The van der Waals surface area contributed by atoms with Gasteiger partial charge in [-0.3, -0.25) is 0 Å². The summed E-state index contributed by atoms with van der Waals surface area (Å²) in [5.41, 5.74) is 0. The van der Waals surface area contributed by atoms with Gasteiger partial charge in [0.15, 0.2) is 0 Å². The van der Waals surface area contributed by atoms with E-state index in [1.54, 1.807) is 0 Å². The fraction of sp³-hybridized carbons (Fsp3) is 1.00. The molecule has 2 unspecified atom stereocenters. The van der Waals surface area contributed by atoms with Crippen LogP contribution < -0.4 is 18.9 Å². The molecule has 0 heterocycles. The van der Waals surface area contributed by atoms with E-state index < -0.39 is 6.12 Å². The molecule has 0 aromatic rings. The number of hydrogen-bond acceptors (Lipinski definition) is 4. The van der Waals surface area contributed by atoms with E-state index in [0.29, 0.717) is 0 Å². The third-order valence-electron chi connectivity index (χ3n) is 1.77. The van der Waals surface area contributed by atoms with Gasteiger partial charge in [0.25, 0.3) is 0 Å². The molecule has 0 bridgehead atoms. The van der Waals surface area contributed by atoms with Crippen LogP contribution in [-0.2, 0) is 33.5 Å². The minimum Gasteiger partial charge on any atom is -0.515 e. The summed E-state index contributed by atoms with van der Waals surface area (Å²) in [7, 11) is 0. The summed E-state index contributed by atoms with van der Waals surface area (Å²) in [6, 6.07) is 0. The first kappa shape index (κ1) is 18.0. The molecule has 0 aliphatic carbocycles. The van der Waals surface area contributed by atoms with Gasteiger partial charge in [-0.25, -0.2) is 9.05 Å². The van der Waals surface area contributed by atoms with E-state index in [1.807, 2.05) is 27.7 Å². The molecule has 6 heteroatoms. The van der Waals surface area contributed by atoms with Gasteiger partial charge < -0.3 is 24.5 Å². The third-order valence-corrected chi connectivity index (χ3v) is 4.04. The average Bonchev–Trinajstić information content (AvgIpc) is 2.02. The van der Waals surface area contributed by atoms with Gasteiger partial charge in [-0.2, -0.15) is 0 Å². The van der Waals surface area contributed by atoms with Crippen molar-refractivity contribution in [2.45, 2.75) is 52.7 Å². The zero-order valence-electron chi connectivity index (χ0n) is 9.65. The van der Waals surface area contributed by atoms with Crippen LogP contribution in [0.4, 0.5) is 0 Å². The maximum atomic E-state index is 5.48. The van der Waals surface area contributed by atoms with Crippen molar-refractivity contribution in [2.24, 2.45) is 0 Å². The molecule has 0 rings (SSSR count). The quantitative estimate of drug-likeness (QED) is 0.384. The van der Waals surface area contributed by atoms with E-state index in [1.165, 1.54) is 0 Å². The molecule has 0 radical (unpaired) electrons. The Morgan fingerprint density at radius 3 is 1.50 bits per heavy atom. The predicted octanol–water partition coefficient (Wildman–Crippen LogP) is 0.392. The van der Waals surface area contributed by atoms with Crippen LogP contribution >= 0.6 is 6.12 Å². The van der Waals surface area contributed by atoms with Crippen LogP contribution in [0.1, 0.15) is 40.5 Å². The van der Waals surface area contributed by atoms with Crippen molar-refractivity contribution in [3.63, 3.8) is 0 Å². The van der Waals surface area contributed by atoms with Crippen molar-refractivity contribution in [2.75, 3.05) is 0 Å². The molecule has 0 fully saturated rings. The molecule has 0 aliphatic heterocycles. The van der Waals surface area contributed by atoms with Crippen LogP contribution in [0.2, 0.25) is 0 Å². The largest absolute Gasteiger partial charge is 1.00 e. The van der Waals surface area contributed by atoms with Gasteiger partial charge in [-0.1, -0.05) is 13.8 Å². The third kappa shape index (κ3) is 8.92. The fourth-order valence-electron chi connectivity index (χ4n) is 0.615. The zero-order chi connectivity index (χ0) is 10.5. The Labute approximate surface area is 111 Å². The van der Waals surface area contributed by atoms with Gasteiger partial charge >= 0.3 is 18.9 Å². The molecule has 0 aromatic heterocycles. The van der Waals surface area contributed by atoms with Crippen LogP contribution in [0.5, 0.6) is 0 Å². The summed E-state index contributed by atoms with van der Waals surface area (Å²) in [5, 5.41) is 0. The Morgan fingerprint density at radius 1 is 1.00 bits per heavy atom. The molecule has 0 spiro atoms. The van der Waals surface area contributed by atoms with Gasteiger partial charge in [0.05, 0.1) is 12.2 Å². The maximum Gasteiger partial charge on any atom is 1.00 e. The minimum absolute atomic E-state index is 0. The molecule has 0 N–H and O–H groups in total. The molecule has 0 amide bonds. The number of hydrogen-bond donors (Lipinski definition) is 0. The second-order valence-corrected chi connectivity index (χ2v) is 7.99. The Kier molecular flexibility index (Phi) is 11.3. The van der Waals surface area contributed by atoms with Gasteiger partial charge in [0, 0.05) is 6.12 Å². The summed E-state index contributed by atoms with van der Waals surface area (Å²) < 4.78 is 11.0. The van der Waals surface area contributed by atoms with Crippen molar-refractivity contribution in [3.05, 3.63) is 0 Å². The predicted molar refractivity (Wildman–Crippen MR) is 63.3 cm³/mol. The van der Waals surface area contributed by atoms with Crippen LogP contribution in [-0.4, -0.2) is 12.2 Å². The van der Waals surface area contributed by atoms with Gasteiger partial charge in [0.2, 0.25) is 0 Å². The summed E-state index contributed by atoms with van der Waals surface area (Å²) >= 11 is 10.2. The van der Waals surface area contributed by atoms with E-state index in [4.69, 9.17) is 33.5 Å². The Morgan fingerprint density at radius 2 is 1.29 bits per heavy atom. The number of rotatable bonds is 6. The standard InChI is InChI=1S/C8H19O2PS2.Li/c1-5-7(3)9-11(12,13)10-8(4)6-2;/h7-8H,5-6H2,1-4H3,(H,12,13);/q;+1/p-1. The summed E-state index contributed by atoms with van der Waals surface area (Å²) in [4.78, 5) is 0. The second kappa shape index (κ2) is 8.76. The van der Waals surface area contributed by atoms with Gasteiger partial charge in [0.1, 0.15) is 0 Å². The van der Waals surface area contributed by atoms with Crippen molar-refractivity contribution >= 4 is 30.6 Å². The van der Waals surface area contributed by atoms with E-state index in [2.05, 4.69) is 0 Å². The van der Waals surface area contributed by atoms with Gasteiger partial charge in [-0.05, 0) is 26.7 Å². The van der Waals surface area contributed by atoms with Crippen molar-refractivity contribution < 1.29 is 27.9 Å². The minimum atomic E-state index is -2.42. The van der Waals surface area contributed by atoms with Crippen LogP contribution in [0, 0.1) is 0 Å². The zero-order valence-corrected chi connectivity index (χ0v) is 12.2. The molecular formula is C8H18LiO2PS2. The molecule has 80 valence electrons. The summed E-state index contributed by atoms with van der Waals surface area (Å²) in [6.45, 7) is 8.01. The molecule has 2 nitrogen and oxygen atoms in total. The molecule has 0 saturated heterocycles. The topological polar surface area (TPSA) is 18.5 Å². The Balaban J connectivity index is 0. The normalized spacial score (nSPS) is 15.9. The first-order valence-electron chi connectivity index (χ1n) is 4.59. The van der Waals surface area contributed by atoms with E-state index in [-0.39, 0.29) is 31.1 Å². The summed E-state index contributed by atoms with van der Waals surface area (Å²) in [6.07, 6.45) is -0.382. The molecule has 0 saturated carbocycles. The van der Waals surface area contributed by atoms with Crippen LogP contribution in [0.3, 0.4) is 0 Å². The average molecular weight is 248 g/mol. The first-order chi connectivity index (χ1) is 5.91. The molecular weight excluding hydrogens is 230 g/mol. The Hall–Kier alpha value is 1.65. The van der Waals surface area contributed by atoms with E-state index >= 15 is 0 Å². The Bertz CT molecular complexity index is 135. The van der Waals surface area contributed by atoms with Crippen LogP contribution in [0.25, 0.3) is 0 Å². The molecule has 0 aliphatic rings. The van der Waals surface area contributed by atoms with Crippen LogP contribution in [0.15, 0.2) is 0 Å². The van der Waals surface area contributed by atoms with E-state index in [0.717, 1.165) is 12.8 Å².